The fourth-order valence-corrected chi connectivity index (χ4v) is 7.35. The van der Waals surface area contributed by atoms with Gasteiger partial charge in [-0.05, 0) is 128 Å². The van der Waals surface area contributed by atoms with Gasteiger partial charge in [0.2, 0.25) is 0 Å². The van der Waals surface area contributed by atoms with Crippen LogP contribution in [0.15, 0.2) is 170 Å². The summed E-state index contributed by atoms with van der Waals surface area (Å²) in [7, 11) is 0. The molecule has 0 spiro atoms. The lowest BCUT2D eigenvalue weighted by Gasteiger charge is -2.18. The van der Waals surface area contributed by atoms with Crippen molar-refractivity contribution in [3.8, 4) is 0 Å². The van der Waals surface area contributed by atoms with Gasteiger partial charge in [-0.1, -0.05) is 249 Å². The Kier molecular flexibility index (Phi) is 57.0. The molecule has 0 aliphatic heterocycles. The highest BCUT2D eigenvalue weighted by Gasteiger charge is 2.19. The maximum atomic E-state index is 12.8. The lowest BCUT2D eigenvalue weighted by Crippen LogP contribution is -2.30. The Balaban J connectivity index is 4.25. The van der Waals surface area contributed by atoms with Crippen LogP contribution in [-0.2, 0) is 28.6 Å². The molecule has 75 heavy (non-hydrogen) atoms. The minimum Gasteiger partial charge on any atom is -0.462 e. The molecule has 0 aromatic carbocycles. The van der Waals surface area contributed by atoms with E-state index in [9.17, 15) is 14.4 Å². The molecular formula is C69H106O6. The predicted octanol–water partition coefficient (Wildman–Crippen LogP) is 20.3. The van der Waals surface area contributed by atoms with Crippen LogP contribution in [0.4, 0.5) is 0 Å². The molecule has 1 atom stereocenters. The van der Waals surface area contributed by atoms with E-state index in [2.05, 4.69) is 191 Å². The third-order valence-corrected chi connectivity index (χ3v) is 11.7. The molecule has 0 aliphatic carbocycles. The number of unbranched alkanes of at least 4 members (excludes halogenated alkanes) is 12. The van der Waals surface area contributed by atoms with Crippen molar-refractivity contribution in [1.82, 2.24) is 0 Å². The van der Waals surface area contributed by atoms with Crippen molar-refractivity contribution in [3.63, 3.8) is 0 Å². The molecule has 418 valence electrons. The van der Waals surface area contributed by atoms with Crippen LogP contribution < -0.4 is 0 Å². The van der Waals surface area contributed by atoms with E-state index in [1.807, 2.05) is 0 Å². The molecule has 0 aliphatic rings. The van der Waals surface area contributed by atoms with Crippen LogP contribution in [0.25, 0.3) is 0 Å². The summed E-state index contributed by atoms with van der Waals surface area (Å²) < 4.78 is 16.7. The second kappa shape index (κ2) is 61.3. The van der Waals surface area contributed by atoms with Crippen LogP contribution in [0.3, 0.4) is 0 Å². The van der Waals surface area contributed by atoms with Crippen LogP contribution in [0, 0.1) is 0 Å². The second-order valence-corrected chi connectivity index (χ2v) is 18.8. The molecular weight excluding hydrogens is 925 g/mol. The van der Waals surface area contributed by atoms with Crippen molar-refractivity contribution < 1.29 is 28.6 Å². The maximum Gasteiger partial charge on any atom is 0.306 e. The Morgan fingerprint density at radius 3 is 0.853 bits per heavy atom. The average molecular weight is 1030 g/mol. The minimum atomic E-state index is -0.819. The molecule has 0 radical (unpaired) electrons. The lowest BCUT2D eigenvalue weighted by atomic mass is 10.1. The molecule has 0 amide bonds. The van der Waals surface area contributed by atoms with Crippen LogP contribution in [0.1, 0.15) is 226 Å². The SMILES string of the molecule is CC/C=C\C/C=C\C/C=C\C/C=C\C/C=C\C/C=C\C/C=C\CCCCCCCCCC(=O)OCC(COC(=O)CCCCCCC)OC(=O)CCC/C=C\C/C=C\C/C=C\C/C=C\C/C=C\C/C=C\C/C=C\CC. The maximum absolute atomic E-state index is 12.8. The Bertz CT molecular complexity index is 1750. The summed E-state index contributed by atoms with van der Waals surface area (Å²) in [6.45, 7) is 6.25. The van der Waals surface area contributed by atoms with Gasteiger partial charge in [0.25, 0.3) is 0 Å². The summed E-state index contributed by atoms with van der Waals surface area (Å²) in [5.41, 5.74) is 0. The Morgan fingerprint density at radius 2 is 0.533 bits per heavy atom. The minimum absolute atomic E-state index is 0.113. The van der Waals surface area contributed by atoms with E-state index in [1.165, 1.54) is 25.7 Å². The molecule has 0 heterocycles. The van der Waals surface area contributed by atoms with Gasteiger partial charge in [0, 0.05) is 19.3 Å². The van der Waals surface area contributed by atoms with Gasteiger partial charge in [-0.2, -0.15) is 0 Å². The monoisotopic (exact) mass is 1030 g/mol. The summed E-state index contributed by atoms with van der Waals surface area (Å²) in [5, 5.41) is 0. The van der Waals surface area contributed by atoms with Crippen molar-refractivity contribution >= 4 is 17.9 Å². The zero-order chi connectivity index (χ0) is 54.3. The first-order valence-electron chi connectivity index (χ1n) is 29.6. The van der Waals surface area contributed by atoms with Gasteiger partial charge >= 0.3 is 17.9 Å². The van der Waals surface area contributed by atoms with Crippen LogP contribution in [-0.4, -0.2) is 37.2 Å². The van der Waals surface area contributed by atoms with Gasteiger partial charge in [0.15, 0.2) is 6.10 Å². The van der Waals surface area contributed by atoms with E-state index in [0.29, 0.717) is 19.3 Å². The first-order chi connectivity index (χ1) is 37.0. The highest BCUT2D eigenvalue weighted by molar-refractivity contribution is 5.71. The van der Waals surface area contributed by atoms with E-state index in [0.717, 1.165) is 154 Å². The van der Waals surface area contributed by atoms with Crippen LogP contribution >= 0.6 is 0 Å². The molecule has 0 aromatic heterocycles. The highest BCUT2D eigenvalue weighted by atomic mass is 16.6. The third-order valence-electron chi connectivity index (χ3n) is 11.7. The molecule has 1 unspecified atom stereocenters. The number of hydrogen-bond donors (Lipinski definition) is 0. The number of carbonyl (C=O) groups is 3. The van der Waals surface area contributed by atoms with Gasteiger partial charge < -0.3 is 14.2 Å². The van der Waals surface area contributed by atoms with Crippen molar-refractivity contribution in [3.05, 3.63) is 170 Å². The number of allylic oxidation sites excluding steroid dienone is 28. The third kappa shape index (κ3) is 59.5. The first-order valence-corrected chi connectivity index (χ1v) is 29.6. The molecule has 0 N–H and O–H groups in total. The zero-order valence-corrected chi connectivity index (χ0v) is 47.7. The predicted molar refractivity (Wildman–Crippen MR) is 325 cm³/mol. The quantitative estimate of drug-likeness (QED) is 0.0261. The van der Waals surface area contributed by atoms with E-state index in [4.69, 9.17) is 14.2 Å². The zero-order valence-electron chi connectivity index (χ0n) is 47.7. The number of hydrogen-bond acceptors (Lipinski definition) is 6. The van der Waals surface area contributed by atoms with Gasteiger partial charge in [-0.15, -0.1) is 0 Å². The molecule has 0 bridgehead atoms. The lowest BCUT2D eigenvalue weighted by molar-refractivity contribution is -0.167. The molecule has 0 rings (SSSR count). The summed E-state index contributed by atoms with van der Waals surface area (Å²) in [5.74, 6) is -1.01. The van der Waals surface area contributed by atoms with Crippen LogP contribution in [0.5, 0.6) is 0 Å². The number of ether oxygens (including phenoxy) is 3. The Hall–Kier alpha value is -5.23. The van der Waals surface area contributed by atoms with Gasteiger partial charge in [-0.25, -0.2) is 0 Å². The number of esters is 3. The largest absolute Gasteiger partial charge is 0.462 e. The molecule has 0 saturated heterocycles. The normalized spacial score (nSPS) is 13.4. The molecule has 6 heteroatoms. The van der Waals surface area contributed by atoms with E-state index in [-0.39, 0.29) is 37.5 Å². The van der Waals surface area contributed by atoms with E-state index < -0.39 is 6.10 Å². The fraction of sp³-hybridized carbons (Fsp3) is 0.551. The fourth-order valence-electron chi connectivity index (χ4n) is 7.35. The molecule has 0 aromatic rings. The highest BCUT2D eigenvalue weighted by Crippen LogP contribution is 2.13. The van der Waals surface area contributed by atoms with Gasteiger partial charge in [0.05, 0.1) is 0 Å². The van der Waals surface area contributed by atoms with Crippen molar-refractivity contribution in [2.24, 2.45) is 0 Å². The van der Waals surface area contributed by atoms with Gasteiger partial charge in [0.1, 0.15) is 13.2 Å². The van der Waals surface area contributed by atoms with Gasteiger partial charge in [-0.3, -0.25) is 14.4 Å². The summed E-state index contributed by atoms with van der Waals surface area (Å²) >= 11 is 0. The Labute approximate surface area is 460 Å². The number of carbonyl (C=O) groups excluding carboxylic acids is 3. The summed E-state index contributed by atoms with van der Waals surface area (Å²) in [6.07, 6.45) is 91.1. The average Bonchev–Trinajstić information content (AvgIpc) is 3.41. The smallest absolute Gasteiger partial charge is 0.306 e. The summed E-state index contributed by atoms with van der Waals surface area (Å²) in [6, 6.07) is 0. The van der Waals surface area contributed by atoms with Crippen molar-refractivity contribution in [1.29, 1.82) is 0 Å². The summed E-state index contributed by atoms with van der Waals surface area (Å²) in [4.78, 5) is 37.8. The van der Waals surface area contributed by atoms with Crippen molar-refractivity contribution in [2.75, 3.05) is 13.2 Å². The van der Waals surface area contributed by atoms with E-state index >= 15 is 0 Å². The standard InChI is InChI=1S/C69H106O6/c1-4-7-10-13-15-17-19-21-23-25-27-29-31-32-33-34-35-36-38-39-41-43-45-47-49-51-53-56-59-62-68(71)74-65-66(64-73-67(70)61-58-55-12-9-6-3)75-69(72)63-60-57-54-52-50-48-46-44-42-40-37-30-28-26-24-22-20-18-16-14-11-8-5-2/h7-8,10-11,15-18,21-24,27-30,32-33,35-36,39-42,46,48,52,54,66H,4-6,9,12-14,19-20,25-26,31,34,37-38,43-45,47,49-51,53,55-65H2,1-3H3/b10-7-,11-8-,17-15-,18-16-,23-21-,24-22-,29-27-,30-28-,33-32-,36-35-,41-39-,42-40-,48-46-,54-52-. The first kappa shape index (κ1) is 69.8. The Morgan fingerprint density at radius 1 is 0.280 bits per heavy atom. The second-order valence-electron chi connectivity index (χ2n) is 18.8. The van der Waals surface area contributed by atoms with E-state index in [1.54, 1.807) is 0 Å². The topological polar surface area (TPSA) is 78.9 Å². The van der Waals surface area contributed by atoms with Crippen LogP contribution in [0.2, 0.25) is 0 Å². The molecule has 6 nitrogen and oxygen atoms in total. The number of rotatable bonds is 51. The molecule has 0 saturated carbocycles. The molecule has 0 fully saturated rings. The van der Waals surface area contributed by atoms with Crippen molar-refractivity contribution in [2.45, 2.75) is 232 Å².